The summed E-state index contributed by atoms with van der Waals surface area (Å²) in [6.07, 6.45) is 2.08. The van der Waals surface area contributed by atoms with Crippen LogP contribution in [0.5, 0.6) is 0 Å². The number of nitrogens with zero attached hydrogens (tertiary/aromatic N) is 1. The maximum absolute atomic E-state index is 11.9. The molecule has 0 aliphatic heterocycles. The quantitative estimate of drug-likeness (QED) is 0.809. The van der Waals surface area contributed by atoms with Crippen LogP contribution >= 0.6 is 11.6 Å². The second-order valence-corrected chi connectivity index (χ2v) is 4.86. The number of carbonyl (C=O) groups is 1. The number of amides is 2. The molecule has 0 spiro atoms. The fraction of sp³-hybridized carbons (Fsp3) is 0.500. The van der Waals surface area contributed by atoms with Crippen LogP contribution in [0.4, 0.5) is 4.79 Å². The average Bonchev–Trinajstić information content (AvgIpc) is 2.37. The van der Waals surface area contributed by atoms with Crippen LogP contribution in [0.3, 0.4) is 0 Å². The van der Waals surface area contributed by atoms with E-state index in [0.29, 0.717) is 5.02 Å². The predicted octanol–water partition coefficient (Wildman–Crippen LogP) is 3.84. The van der Waals surface area contributed by atoms with Gasteiger partial charge in [-0.15, -0.1) is 0 Å². The summed E-state index contributed by atoms with van der Waals surface area (Å²) < 4.78 is 0. The lowest BCUT2D eigenvalue weighted by Gasteiger charge is -2.25. The van der Waals surface area contributed by atoms with Gasteiger partial charge in [-0.3, -0.25) is 0 Å². The Labute approximate surface area is 114 Å². The van der Waals surface area contributed by atoms with Gasteiger partial charge in [-0.25, -0.2) is 4.79 Å². The van der Waals surface area contributed by atoms with Crippen LogP contribution in [-0.4, -0.2) is 24.5 Å². The van der Waals surface area contributed by atoms with Crippen LogP contribution in [0.2, 0.25) is 5.02 Å². The molecular weight excluding hydrogens is 248 g/mol. The molecule has 0 saturated carbocycles. The third-order valence-electron chi connectivity index (χ3n) is 3.04. The van der Waals surface area contributed by atoms with E-state index >= 15 is 0 Å². The van der Waals surface area contributed by atoms with Gasteiger partial charge in [0.15, 0.2) is 0 Å². The van der Waals surface area contributed by atoms with Crippen molar-refractivity contribution in [3.8, 4) is 0 Å². The first-order valence-electron chi connectivity index (χ1n) is 6.32. The molecule has 0 radical (unpaired) electrons. The maximum atomic E-state index is 11.9. The molecule has 3 nitrogen and oxygen atoms in total. The second-order valence-electron chi connectivity index (χ2n) is 4.43. The topological polar surface area (TPSA) is 32.3 Å². The highest BCUT2D eigenvalue weighted by molar-refractivity contribution is 6.30. The Morgan fingerprint density at radius 3 is 2.83 bits per heavy atom. The van der Waals surface area contributed by atoms with Gasteiger partial charge in [0.1, 0.15) is 0 Å². The van der Waals surface area contributed by atoms with Crippen molar-refractivity contribution in [3.63, 3.8) is 0 Å². The Kier molecular flexibility index (Phi) is 5.99. The minimum Gasteiger partial charge on any atom is -0.338 e. The zero-order valence-corrected chi connectivity index (χ0v) is 12.0. The monoisotopic (exact) mass is 268 g/mol. The summed E-state index contributed by atoms with van der Waals surface area (Å²) >= 11 is 5.96. The van der Waals surface area contributed by atoms with E-state index in [4.69, 9.17) is 11.6 Å². The zero-order valence-electron chi connectivity index (χ0n) is 11.2. The molecule has 1 atom stereocenters. The first-order valence-corrected chi connectivity index (χ1v) is 6.70. The van der Waals surface area contributed by atoms with Crippen molar-refractivity contribution in [3.05, 3.63) is 34.9 Å². The molecule has 0 bridgehead atoms. The first-order chi connectivity index (χ1) is 8.56. The highest BCUT2D eigenvalue weighted by Gasteiger charge is 2.16. The van der Waals surface area contributed by atoms with Gasteiger partial charge in [0.25, 0.3) is 0 Å². The zero-order chi connectivity index (χ0) is 13.5. The minimum atomic E-state index is -0.0454. The van der Waals surface area contributed by atoms with Crippen LogP contribution < -0.4 is 5.32 Å². The number of hydrogen-bond acceptors (Lipinski definition) is 1. The van der Waals surface area contributed by atoms with Gasteiger partial charge in [0.2, 0.25) is 0 Å². The van der Waals surface area contributed by atoms with E-state index < -0.39 is 0 Å². The Bertz CT molecular complexity index is 395. The molecule has 100 valence electrons. The van der Waals surface area contributed by atoms with E-state index in [9.17, 15) is 4.79 Å². The molecule has 1 aromatic carbocycles. The first kappa shape index (κ1) is 14.8. The van der Waals surface area contributed by atoms with Crippen LogP contribution in [0.15, 0.2) is 24.3 Å². The highest BCUT2D eigenvalue weighted by atomic mass is 35.5. The summed E-state index contributed by atoms with van der Waals surface area (Å²) in [5.41, 5.74) is 1.04. The Hall–Kier alpha value is -1.22. The normalized spacial score (nSPS) is 12.0. The number of unbranched alkanes of at least 4 members (excludes halogenated alkanes) is 1. The van der Waals surface area contributed by atoms with Crippen LogP contribution in [0.1, 0.15) is 38.3 Å². The van der Waals surface area contributed by atoms with E-state index in [0.717, 1.165) is 24.9 Å². The lowest BCUT2D eigenvalue weighted by molar-refractivity contribution is 0.194. The van der Waals surface area contributed by atoms with Gasteiger partial charge in [-0.05, 0) is 31.0 Å². The smallest absolute Gasteiger partial charge is 0.317 e. The third-order valence-corrected chi connectivity index (χ3v) is 3.27. The molecule has 0 aliphatic rings. The molecule has 1 N–H and O–H groups in total. The van der Waals surface area contributed by atoms with Crippen molar-refractivity contribution in [2.45, 2.75) is 32.7 Å². The molecule has 0 saturated heterocycles. The molecule has 0 aliphatic carbocycles. The van der Waals surface area contributed by atoms with Crippen molar-refractivity contribution in [2.75, 3.05) is 13.6 Å². The van der Waals surface area contributed by atoms with E-state index in [1.54, 1.807) is 11.9 Å². The van der Waals surface area contributed by atoms with Gasteiger partial charge >= 0.3 is 6.03 Å². The van der Waals surface area contributed by atoms with E-state index in [1.807, 2.05) is 31.2 Å². The molecule has 0 heterocycles. The predicted molar refractivity (Wildman–Crippen MR) is 75.9 cm³/mol. The summed E-state index contributed by atoms with van der Waals surface area (Å²) in [7, 11) is 1.80. The fourth-order valence-corrected chi connectivity index (χ4v) is 1.86. The molecule has 0 fully saturated rings. The van der Waals surface area contributed by atoms with Gasteiger partial charge < -0.3 is 10.2 Å². The number of nitrogens with one attached hydrogen (secondary N) is 1. The number of halogens is 1. The van der Waals surface area contributed by atoms with Gasteiger partial charge in [0.05, 0.1) is 6.04 Å². The number of rotatable bonds is 5. The number of benzene rings is 1. The molecule has 4 heteroatoms. The molecule has 1 unspecified atom stereocenters. The third kappa shape index (κ3) is 4.22. The largest absolute Gasteiger partial charge is 0.338 e. The van der Waals surface area contributed by atoms with Gasteiger partial charge in [-0.2, -0.15) is 0 Å². The van der Waals surface area contributed by atoms with E-state index in [2.05, 4.69) is 12.2 Å². The Morgan fingerprint density at radius 2 is 2.22 bits per heavy atom. The summed E-state index contributed by atoms with van der Waals surface area (Å²) in [5.74, 6) is 0. The molecular formula is C14H21ClN2O. The van der Waals surface area contributed by atoms with Gasteiger partial charge in [-0.1, -0.05) is 37.1 Å². The number of hydrogen-bond donors (Lipinski definition) is 1. The van der Waals surface area contributed by atoms with Crippen LogP contribution in [-0.2, 0) is 0 Å². The van der Waals surface area contributed by atoms with E-state index in [1.165, 1.54) is 0 Å². The summed E-state index contributed by atoms with van der Waals surface area (Å²) in [4.78, 5) is 13.6. The molecule has 0 aromatic heterocycles. The lowest BCUT2D eigenvalue weighted by atomic mass is 10.1. The number of carbonyl (C=O) groups excluding carboxylic acids is 1. The van der Waals surface area contributed by atoms with E-state index in [-0.39, 0.29) is 12.1 Å². The molecule has 2 amide bonds. The van der Waals surface area contributed by atoms with Gasteiger partial charge in [0, 0.05) is 18.6 Å². The van der Waals surface area contributed by atoms with Crippen molar-refractivity contribution in [2.24, 2.45) is 0 Å². The summed E-state index contributed by atoms with van der Waals surface area (Å²) in [6.45, 7) is 4.82. The number of urea groups is 1. The fourth-order valence-electron chi connectivity index (χ4n) is 1.66. The second kappa shape index (κ2) is 7.27. The van der Waals surface area contributed by atoms with Crippen molar-refractivity contribution < 1.29 is 4.79 Å². The maximum Gasteiger partial charge on any atom is 0.317 e. The molecule has 18 heavy (non-hydrogen) atoms. The Morgan fingerprint density at radius 1 is 1.50 bits per heavy atom. The van der Waals surface area contributed by atoms with Crippen molar-refractivity contribution in [1.29, 1.82) is 0 Å². The summed E-state index contributed by atoms with van der Waals surface area (Å²) in [6, 6.07) is 7.56. The average molecular weight is 269 g/mol. The minimum absolute atomic E-state index is 0.00493. The molecule has 1 aromatic rings. The lowest BCUT2D eigenvalue weighted by Crippen LogP contribution is -2.39. The highest BCUT2D eigenvalue weighted by Crippen LogP contribution is 2.21. The Balaban J connectivity index is 2.60. The standard InChI is InChI=1S/C14H21ClN2O/c1-4-5-9-16-14(18)17(3)11(2)12-7-6-8-13(15)10-12/h6-8,10-11H,4-5,9H2,1-3H3,(H,16,18). The van der Waals surface area contributed by atoms with Crippen LogP contribution in [0, 0.1) is 0 Å². The molecule has 1 rings (SSSR count). The van der Waals surface area contributed by atoms with Crippen molar-refractivity contribution >= 4 is 17.6 Å². The van der Waals surface area contributed by atoms with Crippen molar-refractivity contribution in [1.82, 2.24) is 10.2 Å². The summed E-state index contributed by atoms with van der Waals surface area (Å²) in [5, 5.41) is 3.60. The van der Waals surface area contributed by atoms with Crippen LogP contribution in [0.25, 0.3) is 0 Å². The SMILES string of the molecule is CCCCNC(=O)N(C)C(C)c1cccc(Cl)c1.